The Morgan fingerprint density at radius 3 is 2.76 bits per heavy atom. The Hall–Kier alpha value is -2.88. The highest BCUT2D eigenvalue weighted by molar-refractivity contribution is 7.16. The van der Waals surface area contributed by atoms with Gasteiger partial charge in [0.2, 0.25) is 5.91 Å². The molecule has 2 heterocycles. The van der Waals surface area contributed by atoms with Crippen LogP contribution < -0.4 is 10.2 Å². The van der Waals surface area contributed by atoms with Gasteiger partial charge in [-0.2, -0.15) is 0 Å². The molecule has 1 amide bonds. The van der Waals surface area contributed by atoms with Crippen LogP contribution in [0.5, 0.6) is 0 Å². The second-order valence-corrected chi connectivity index (χ2v) is 7.88. The molecule has 0 saturated carbocycles. The highest BCUT2D eigenvalue weighted by Crippen LogP contribution is 2.20. The topological polar surface area (TPSA) is 107 Å². The van der Waals surface area contributed by atoms with E-state index in [2.05, 4.69) is 10.3 Å². The van der Waals surface area contributed by atoms with E-state index in [1.807, 2.05) is 54.7 Å². The first-order chi connectivity index (χ1) is 14.0. The number of benzene rings is 2. The molecule has 148 valence electrons. The van der Waals surface area contributed by atoms with Crippen LogP contribution in [-0.4, -0.2) is 38.6 Å². The van der Waals surface area contributed by atoms with Crippen LogP contribution in [0.1, 0.15) is 12.0 Å². The van der Waals surface area contributed by atoms with Crippen LogP contribution in [0.2, 0.25) is 0 Å². The summed E-state index contributed by atoms with van der Waals surface area (Å²) in [5, 5.41) is 23.2. The summed E-state index contributed by atoms with van der Waals surface area (Å²) < 4.78 is 2.45. The van der Waals surface area contributed by atoms with Crippen LogP contribution in [0.3, 0.4) is 0 Å². The average molecular weight is 409 g/mol. The van der Waals surface area contributed by atoms with Gasteiger partial charge in [-0.25, -0.2) is 0 Å². The number of hydrogen-bond donors (Lipinski definition) is 4. The van der Waals surface area contributed by atoms with Crippen molar-refractivity contribution < 1.29 is 14.8 Å². The molecule has 2 aromatic carbocycles. The standard InChI is InChI=1S/C20H20BN3O4S/c25-19(9-10-24-16-7-3-4-8-17(16)29-20(24)26)23-18(21(27)28)11-13-12-22-15-6-2-1-5-14(13)15/h1-8,12,18,22,27-28H,9-11H2,(H,23,25). The van der Waals surface area contributed by atoms with Gasteiger partial charge in [0.1, 0.15) is 0 Å². The summed E-state index contributed by atoms with van der Waals surface area (Å²) in [5.74, 6) is -1.19. The molecule has 0 bridgehead atoms. The normalized spacial score (nSPS) is 12.3. The van der Waals surface area contributed by atoms with Crippen molar-refractivity contribution in [2.75, 3.05) is 0 Å². The number of carbonyl (C=O) groups excluding carboxylic acids is 1. The zero-order chi connectivity index (χ0) is 20.4. The summed E-state index contributed by atoms with van der Waals surface area (Å²) in [6.07, 6.45) is 2.15. The van der Waals surface area contributed by atoms with Gasteiger partial charge in [-0.15, -0.1) is 0 Å². The van der Waals surface area contributed by atoms with Crippen LogP contribution >= 0.6 is 11.3 Å². The number of thiazole rings is 1. The molecule has 0 saturated heterocycles. The van der Waals surface area contributed by atoms with Gasteiger partial charge in [-0.1, -0.05) is 41.7 Å². The molecule has 0 spiro atoms. The molecular formula is C20H20BN3O4S. The quantitative estimate of drug-likeness (QED) is 0.349. The molecule has 9 heteroatoms. The molecule has 0 aliphatic carbocycles. The summed E-state index contributed by atoms with van der Waals surface area (Å²) in [5.41, 5.74) is 2.63. The smallest absolute Gasteiger partial charge is 0.426 e. The number of para-hydroxylation sites is 2. The highest BCUT2D eigenvalue weighted by atomic mass is 32.1. The van der Waals surface area contributed by atoms with Gasteiger partial charge in [0.05, 0.1) is 16.2 Å². The van der Waals surface area contributed by atoms with Gasteiger partial charge in [0.15, 0.2) is 0 Å². The summed E-state index contributed by atoms with van der Waals surface area (Å²) in [6.45, 7) is 0.232. The third-order valence-electron chi connectivity index (χ3n) is 4.96. The van der Waals surface area contributed by atoms with E-state index in [-0.39, 0.29) is 30.2 Å². The van der Waals surface area contributed by atoms with Gasteiger partial charge in [0, 0.05) is 30.1 Å². The molecule has 1 atom stereocenters. The van der Waals surface area contributed by atoms with Gasteiger partial charge in [-0.05, 0) is 30.2 Å². The predicted molar refractivity (Wildman–Crippen MR) is 115 cm³/mol. The Balaban J connectivity index is 1.44. The number of nitrogens with one attached hydrogen (secondary N) is 2. The summed E-state index contributed by atoms with van der Waals surface area (Å²) in [7, 11) is -1.70. The van der Waals surface area contributed by atoms with Crippen molar-refractivity contribution in [3.8, 4) is 0 Å². The van der Waals surface area contributed by atoms with E-state index in [1.54, 1.807) is 4.57 Å². The van der Waals surface area contributed by atoms with E-state index in [9.17, 15) is 19.6 Å². The lowest BCUT2D eigenvalue weighted by molar-refractivity contribution is -0.121. The van der Waals surface area contributed by atoms with Crippen molar-refractivity contribution in [1.82, 2.24) is 14.9 Å². The third kappa shape index (κ3) is 4.12. The number of aromatic nitrogens is 2. The number of H-pyrrole nitrogens is 1. The minimum atomic E-state index is -1.70. The van der Waals surface area contributed by atoms with Crippen LogP contribution in [-0.2, 0) is 17.8 Å². The Morgan fingerprint density at radius 2 is 1.93 bits per heavy atom. The number of rotatable bonds is 7. The minimum absolute atomic E-state index is 0.0672. The van der Waals surface area contributed by atoms with E-state index in [0.717, 1.165) is 38.0 Å². The van der Waals surface area contributed by atoms with Crippen LogP contribution in [0.25, 0.3) is 21.1 Å². The van der Waals surface area contributed by atoms with Gasteiger partial charge in [0.25, 0.3) is 0 Å². The molecule has 0 fully saturated rings. The van der Waals surface area contributed by atoms with Crippen molar-refractivity contribution in [2.24, 2.45) is 0 Å². The second kappa shape index (κ2) is 8.24. The largest absolute Gasteiger partial charge is 0.475 e. The maximum absolute atomic E-state index is 12.4. The van der Waals surface area contributed by atoms with Crippen LogP contribution in [0, 0.1) is 0 Å². The fourth-order valence-corrected chi connectivity index (χ4v) is 4.40. The van der Waals surface area contributed by atoms with E-state index in [0.29, 0.717) is 0 Å². The highest BCUT2D eigenvalue weighted by Gasteiger charge is 2.26. The Bertz CT molecular complexity index is 1210. The molecule has 2 aromatic heterocycles. The number of hydrogen-bond acceptors (Lipinski definition) is 5. The monoisotopic (exact) mass is 409 g/mol. The number of carbonyl (C=O) groups is 1. The first-order valence-corrected chi connectivity index (χ1v) is 10.1. The SMILES string of the molecule is O=C(CCn1c(=O)sc2ccccc21)NC(Cc1c[nH]c2ccccc12)B(O)O. The maximum atomic E-state index is 12.4. The Labute approximate surface area is 170 Å². The fourth-order valence-electron chi connectivity index (χ4n) is 3.49. The average Bonchev–Trinajstić information content (AvgIpc) is 3.26. The van der Waals surface area contributed by atoms with E-state index in [4.69, 9.17) is 0 Å². The van der Waals surface area contributed by atoms with Crippen molar-refractivity contribution in [2.45, 2.75) is 25.3 Å². The zero-order valence-corrected chi connectivity index (χ0v) is 16.4. The van der Waals surface area contributed by atoms with E-state index >= 15 is 0 Å². The first kappa shape index (κ1) is 19.4. The molecule has 4 rings (SSSR count). The van der Waals surface area contributed by atoms with Crippen molar-refractivity contribution in [3.63, 3.8) is 0 Å². The van der Waals surface area contributed by atoms with E-state index < -0.39 is 13.1 Å². The summed E-state index contributed by atoms with van der Waals surface area (Å²) >= 11 is 1.15. The number of aromatic amines is 1. The zero-order valence-electron chi connectivity index (χ0n) is 15.5. The molecular weight excluding hydrogens is 389 g/mol. The lowest BCUT2D eigenvalue weighted by Gasteiger charge is -2.17. The molecule has 1 unspecified atom stereocenters. The predicted octanol–water partition coefficient (Wildman–Crippen LogP) is 1.67. The molecule has 4 N–H and O–H groups in total. The van der Waals surface area contributed by atoms with Gasteiger partial charge < -0.3 is 20.3 Å². The molecule has 29 heavy (non-hydrogen) atoms. The lowest BCUT2D eigenvalue weighted by Crippen LogP contribution is -2.48. The molecule has 0 aliphatic rings. The minimum Gasteiger partial charge on any atom is -0.426 e. The summed E-state index contributed by atoms with van der Waals surface area (Å²) in [4.78, 5) is 27.6. The first-order valence-electron chi connectivity index (χ1n) is 9.32. The number of aryl methyl sites for hydroxylation is 1. The Kier molecular flexibility index (Phi) is 5.52. The van der Waals surface area contributed by atoms with Gasteiger partial charge in [-0.3, -0.25) is 14.2 Å². The number of amides is 1. The van der Waals surface area contributed by atoms with Crippen molar-refractivity contribution >= 4 is 45.5 Å². The van der Waals surface area contributed by atoms with Crippen LogP contribution in [0.4, 0.5) is 0 Å². The van der Waals surface area contributed by atoms with Crippen molar-refractivity contribution in [3.05, 3.63) is 70.0 Å². The molecule has 4 aromatic rings. The van der Waals surface area contributed by atoms with E-state index in [1.165, 1.54) is 0 Å². The summed E-state index contributed by atoms with van der Waals surface area (Å²) in [6, 6.07) is 15.1. The number of fused-ring (bicyclic) bond motifs is 2. The second-order valence-electron chi connectivity index (χ2n) is 6.89. The fraction of sp³-hybridized carbons (Fsp3) is 0.200. The maximum Gasteiger partial charge on any atom is 0.475 e. The molecule has 0 radical (unpaired) electrons. The van der Waals surface area contributed by atoms with Crippen molar-refractivity contribution in [1.29, 1.82) is 0 Å². The lowest BCUT2D eigenvalue weighted by atomic mass is 9.76. The molecule has 0 aliphatic heterocycles. The van der Waals surface area contributed by atoms with Crippen LogP contribution in [0.15, 0.2) is 59.5 Å². The number of nitrogens with zero attached hydrogens (tertiary/aromatic N) is 1. The molecule has 7 nitrogen and oxygen atoms in total. The van der Waals surface area contributed by atoms with Gasteiger partial charge >= 0.3 is 12.0 Å². The Morgan fingerprint density at radius 1 is 1.17 bits per heavy atom. The third-order valence-corrected chi connectivity index (χ3v) is 5.92.